The average Bonchev–Trinajstić information content (AvgIpc) is 2.44. The van der Waals surface area contributed by atoms with Crippen molar-refractivity contribution in [3.63, 3.8) is 0 Å². The Morgan fingerprint density at radius 2 is 1.62 bits per heavy atom. The van der Waals surface area contributed by atoms with E-state index in [2.05, 4.69) is 25.6 Å². The van der Waals surface area contributed by atoms with Crippen LogP contribution in [0, 0.1) is 0 Å². The van der Waals surface area contributed by atoms with Crippen LogP contribution >= 0.6 is 11.6 Å². The van der Waals surface area contributed by atoms with Gasteiger partial charge in [0, 0.05) is 7.05 Å². The Morgan fingerprint density at radius 1 is 1.00 bits per heavy atom. The van der Waals surface area contributed by atoms with E-state index in [9.17, 15) is 21.4 Å². The fourth-order valence-corrected chi connectivity index (χ4v) is 2.93. The summed E-state index contributed by atoms with van der Waals surface area (Å²) in [6, 6.07) is 2.39. The lowest BCUT2D eigenvalue weighted by molar-refractivity contribution is 0.479. The van der Waals surface area contributed by atoms with E-state index in [0.717, 1.165) is 18.2 Å². The molecule has 0 aliphatic carbocycles. The second-order valence-electron chi connectivity index (χ2n) is 4.23. The summed E-state index contributed by atoms with van der Waals surface area (Å²) >= 11 is 5.68. The minimum absolute atomic E-state index is 0.0526. The number of rotatable bonds is 5. The van der Waals surface area contributed by atoms with Gasteiger partial charge in [-0.3, -0.25) is 9.11 Å². The van der Waals surface area contributed by atoms with Crippen LogP contribution in [0.15, 0.2) is 28.0 Å². The first kappa shape index (κ1) is 18.3. The van der Waals surface area contributed by atoms with E-state index in [-0.39, 0.29) is 17.2 Å². The smallest absolute Gasteiger partial charge is 0.296 e. The second-order valence-corrected chi connectivity index (χ2v) is 7.38. The summed E-state index contributed by atoms with van der Waals surface area (Å²) < 4.78 is 63.5. The zero-order valence-corrected chi connectivity index (χ0v) is 14.2. The minimum Gasteiger partial charge on any atom is -0.357 e. The van der Waals surface area contributed by atoms with Gasteiger partial charge >= 0.3 is 0 Å². The van der Waals surface area contributed by atoms with Gasteiger partial charge in [0.2, 0.25) is 17.2 Å². The van der Waals surface area contributed by atoms with E-state index in [1.54, 1.807) is 0 Å². The van der Waals surface area contributed by atoms with Crippen molar-refractivity contribution in [2.24, 2.45) is 0 Å². The molecule has 0 fully saturated rings. The number of aromatic nitrogens is 3. The first-order valence-electron chi connectivity index (χ1n) is 5.96. The fraction of sp³-hybridized carbons (Fsp3) is 0.100. The Labute approximate surface area is 141 Å². The summed E-state index contributed by atoms with van der Waals surface area (Å²) in [5.74, 6) is -0.173. The summed E-state index contributed by atoms with van der Waals surface area (Å²) in [4.78, 5) is 9.99. The number of halogens is 1. The van der Waals surface area contributed by atoms with Gasteiger partial charge in [-0.25, -0.2) is 0 Å². The second kappa shape index (κ2) is 6.45. The highest BCUT2D eigenvalue weighted by atomic mass is 35.5. The summed E-state index contributed by atoms with van der Waals surface area (Å²) in [6.45, 7) is 0. The van der Waals surface area contributed by atoms with E-state index in [0.29, 0.717) is 0 Å². The Bertz CT molecular complexity index is 995. The van der Waals surface area contributed by atoms with Crippen molar-refractivity contribution >= 4 is 49.4 Å². The molecular weight excluding hydrogens is 386 g/mol. The predicted octanol–water partition coefficient (Wildman–Crippen LogP) is 0.804. The molecule has 0 atom stereocenters. The van der Waals surface area contributed by atoms with Crippen LogP contribution in [0.1, 0.15) is 0 Å². The standard InChI is InChI=1S/C10H10ClN5O6S2/c1-12-9-14-8(11)15-10(16-9)13-6-4-5(23(17,18)19)2-3-7(6)24(20,21)22/h2-4H,1H3,(H,17,18,19)(H,20,21,22)(H2,12,13,14,15,16). The molecule has 0 unspecified atom stereocenters. The first-order chi connectivity index (χ1) is 11.0. The van der Waals surface area contributed by atoms with Gasteiger partial charge in [0.05, 0.1) is 10.6 Å². The molecule has 0 spiro atoms. The molecule has 0 aliphatic heterocycles. The SMILES string of the molecule is CNc1nc(Cl)nc(Nc2cc(S(=O)(=O)O)ccc2S(=O)(=O)O)n1. The van der Waals surface area contributed by atoms with Gasteiger partial charge < -0.3 is 10.6 Å². The van der Waals surface area contributed by atoms with Crippen molar-refractivity contribution in [2.75, 3.05) is 17.7 Å². The third kappa shape index (κ3) is 4.27. The predicted molar refractivity (Wildman–Crippen MR) is 83.7 cm³/mol. The summed E-state index contributed by atoms with van der Waals surface area (Å²) in [5.41, 5.74) is -0.392. The molecule has 2 rings (SSSR count). The highest BCUT2D eigenvalue weighted by molar-refractivity contribution is 7.86. The van der Waals surface area contributed by atoms with E-state index in [4.69, 9.17) is 16.2 Å². The normalized spacial score (nSPS) is 12.0. The zero-order chi connectivity index (χ0) is 18.1. The van der Waals surface area contributed by atoms with Crippen LogP contribution < -0.4 is 10.6 Å². The highest BCUT2D eigenvalue weighted by Gasteiger charge is 2.20. The van der Waals surface area contributed by atoms with Crippen molar-refractivity contribution in [2.45, 2.75) is 9.79 Å². The van der Waals surface area contributed by atoms with Gasteiger partial charge in [-0.2, -0.15) is 31.8 Å². The molecule has 0 radical (unpaired) electrons. The zero-order valence-electron chi connectivity index (χ0n) is 11.8. The number of nitrogens with zero attached hydrogens (tertiary/aromatic N) is 3. The van der Waals surface area contributed by atoms with Gasteiger partial charge in [-0.05, 0) is 29.8 Å². The van der Waals surface area contributed by atoms with Crippen LogP contribution in [-0.4, -0.2) is 47.9 Å². The molecule has 4 N–H and O–H groups in total. The van der Waals surface area contributed by atoms with E-state index < -0.39 is 35.7 Å². The third-order valence-corrected chi connectivity index (χ3v) is 4.54. The number of benzene rings is 1. The largest absolute Gasteiger partial charge is 0.357 e. The molecule has 2 aromatic rings. The average molecular weight is 396 g/mol. The number of anilines is 3. The van der Waals surface area contributed by atoms with Crippen molar-refractivity contribution < 1.29 is 25.9 Å². The van der Waals surface area contributed by atoms with E-state index >= 15 is 0 Å². The van der Waals surface area contributed by atoms with Gasteiger partial charge in [0.1, 0.15) is 4.90 Å². The molecule has 0 saturated carbocycles. The van der Waals surface area contributed by atoms with E-state index in [1.165, 1.54) is 7.05 Å². The van der Waals surface area contributed by atoms with Crippen LogP contribution in [0.25, 0.3) is 0 Å². The van der Waals surface area contributed by atoms with Crippen molar-refractivity contribution in [3.8, 4) is 0 Å². The molecule has 0 amide bonds. The van der Waals surface area contributed by atoms with Crippen molar-refractivity contribution in [1.29, 1.82) is 0 Å². The fourth-order valence-electron chi connectivity index (χ4n) is 1.63. The lowest BCUT2D eigenvalue weighted by atomic mass is 10.3. The van der Waals surface area contributed by atoms with Gasteiger partial charge in [-0.15, -0.1) is 0 Å². The Kier molecular flexibility index (Phi) is 4.91. The summed E-state index contributed by atoms with van der Waals surface area (Å²) in [5, 5.41) is 4.76. The topological polar surface area (TPSA) is 171 Å². The molecule has 130 valence electrons. The molecule has 0 aliphatic rings. The Balaban J connectivity index is 2.61. The van der Waals surface area contributed by atoms with Gasteiger partial charge in [-0.1, -0.05) is 0 Å². The number of nitrogens with one attached hydrogen (secondary N) is 2. The molecule has 0 bridgehead atoms. The van der Waals surface area contributed by atoms with Crippen LogP contribution in [0.2, 0.25) is 5.28 Å². The van der Waals surface area contributed by atoms with Crippen LogP contribution in [0.3, 0.4) is 0 Å². The van der Waals surface area contributed by atoms with E-state index in [1.807, 2.05) is 0 Å². The Hall–Kier alpha value is -2.06. The molecule has 14 heteroatoms. The minimum atomic E-state index is -4.70. The van der Waals surface area contributed by atoms with Crippen molar-refractivity contribution in [1.82, 2.24) is 15.0 Å². The Morgan fingerprint density at radius 3 is 2.17 bits per heavy atom. The molecule has 11 nitrogen and oxygen atoms in total. The maximum Gasteiger partial charge on any atom is 0.296 e. The van der Waals surface area contributed by atoms with Crippen LogP contribution in [0.5, 0.6) is 0 Å². The molecule has 1 aromatic heterocycles. The van der Waals surface area contributed by atoms with Crippen molar-refractivity contribution in [3.05, 3.63) is 23.5 Å². The summed E-state index contributed by atoms with van der Waals surface area (Å²) in [6.07, 6.45) is 0. The van der Waals surface area contributed by atoms with Gasteiger partial charge in [0.15, 0.2) is 0 Å². The monoisotopic (exact) mass is 395 g/mol. The quantitative estimate of drug-likeness (QED) is 0.527. The maximum atomic E-state index is 11.4. The molecule has 24 heavy (non-hydrogen) atoms. The first-order valence-corrected chi connectivity index (χ1v) is 9.22. The lowest BCUT2D eigenvalue weighted by Crippen LogP contribution is -2.09. The van der Waals surface area contributed by atoms with Crippen LogP contribution in [-0.2, 0) is 20.2 Å². The maximum absolute atomic E-state index is 11.4. The summed E-state index contributed by atoms with van der Waals surface area (Å²) in [7, 11) is -7.81. The number of hydrogen-bond donors (Lipinski definition) is 4. The van der Waals surface area contributed by atoms with Crippen LogP contribution in [0.4, 0.5) is 17.6 Å². The third-order valence-electron chi connectivity index (χ3n) is 2.60. The molecule has 0 saturated heterocycles. The molecule has 1 heterocycles. The number of hydrogen-bond acceptors (Lipinski definition) is 9. The molecule has 1 aromatic carbocycles. The highest BCUT2D eigenvalue weighted by Crippen LogP contribution is 2.27. The lowest BCUT2D eigenvalue weighted by Gasteiger charge is -2.11. The molecular formula is C10H10ClN5O6S2. The van der Waals surface area contributed by atoms with Gasteiger partial charge in [0.25, 0.3) is 20.2 Å².